The molecule has 0 saturated heterocycles. The summed E-state index contributed by atoms with van der Waals surface area (Å²) in [6.07, 6.45) is 10.5. The van der Waals surface area contributed by atoms with Gasteiger partial charge in [0.15, 0.2) is 0 Å². The maximum absolute atomic E-state index is 3.43. The van der Waals surface area contributed by atoms with Crippen LogP contribution in [0.4, 0.5) is 0 Å². The van der Waals surface area contributed by atoms with Gasteiger partial charge in [-0.25, -0.2) is 0 Å². The van der Waals surface area contributed by atoms with Gasteiger partial charge in [-0.3, -0.25) is 0 Å². The zero-order chi connectivity index (χ0) is 7.68. The monoisotopic (exact) mass is 214 g/mol. The Morgan fingerprint density at radius 2 is 2.00 bits per heavy atom. The van der Waals surface area contributed by atoms with Crippen LogP contribution in [0.15, 0.2) is 12.2 Å². The number of rotatable bonds is 3. The van der Waals surface area contributed by atoms with Crippen LogP contribution in [0.3, 0.4) is 0 Å². The highest BCUT2D eigenvalue weighted by molar-refractivity contribution is 9.09. The summed E-state index contributed by atoms with van der Waals surface area (Å²) >= 11 is 3.43. The SMILES string of the molecule is BrCC/C=C/C1C2CCCC12. The first-order chi connectivity index (χ1) is 5.43. The molecule has 2 fully saturated rings. The van der Waals surface area contributed by atoms with Crippen LogP contribution in [0.2, 0.25) is 0 Å². The van der Waals surface area contributed by atoms with Crippen LogP contribution >= 0.6 is 15.9 Å². The smallest absolute Gasteiger partial charge is 0.00659 e. The van der Waals surface area contributed by atoms with Crippen molar-refractivity contribution >= 4 is 15.9 Å². The molecule has 0 spiro atoms. The topological polar surface area (TPSA) is 0 Å². The molecular weight excluding hydrogens is 200 g/mol. The van der Waals surface area contributed by atoms with E-state index >= 15 is 0 Å². The predicted octanol–water partition coefficient (Wildman–Crippen LogP) is 3.37. The van der Waals surface area contributed by atoms with Crippen LogP contribution in [-0.2, 0) is 0 Å². The lowest BCUT2D eigenvalue weighted by atomic mass is 10.1. The molecule has 62 valence electrons. The zero-order valence-corrected chi connectivity index (χ0v) is 8.39. The molecule has 2 aliphatic rings. The van der Waals surface area contributed by atoms with Crippen LogP contribution in [0.25, 0.3) is 0 Å². The molecule has 0 bridgehead atoms. The summed E-state index contributed by atoms with van der Waals surface area (Å²) in [5.41, 5.74) is 0. The number of hydrogen-bond acceptors (Lipinski definition) is 0. The fraction of sp³-hybridized carbons (Fsp3) is 0.800. The number of fused-ring (bicyclic) bond motifs is 1. The highest BCUT2D eigenvalue weighted by Crippen LogP contribution is 2.58. The molecule has 0 aromatic heterocycles. The van der Waals surface area contributed by atoms with Crippen molar-refractivity contribution in [3.05, 3.63) is 12.2 Å². The van der Waals surface area contributed by atoms with E-state index in [0.717, 1.165) is 23.1 Å². The molecule has 1 heteroatoms. The van der Waals surface area contributed by atoms with Gasteiger partial charge < -0.3 is 0 Å². The highest BCUT2D eigenvalue weighted by Gasteiger charge is 2.50. The molecule has 0 N–H and O–H groups in total. The third-order valence-corrected chi connectivity index (χ3v) is 3.56. The summed E-state index contributed by atoms with van der Waals surface area (Å²) in [5, 5.41) is 1.12. The zero-order valence-electron chi connectivity index (χ0n) is 6.80. The Kier molecular flexibility index (Phi) is 2.36. The van der Waals surface area contributed by atoms with E-state index in [1.54, 1.807) is 0 Å². The van der Waals surface area contributed by atoms with Crippen LogP contribution < -0.4 is 0 Å². The first kappa shape index (κ1) is 7.85. The molecule has 2 saturated carbocycles. The third kappa shape index (κ3) is 1.53. The van der Waals surface area contributed by atoms with Crippen LogP contribution in [0.1, 0.15) is 25.7 Å². The maximum atomic E-state index is 3.43. The molecule has 0 heterocycles. The van der Waals surface area contributed by atoms with Crippen LogP contribution in [0, 0.1) is 17.8 Å². The molecule has 0 aromatic carbocycles. The second-order valence-corrected chi connectivity index (χ2v) is 4.53. The molecule has 0 aromatic rings. The van der Waals surface area contributed by atoms with Gasteiger partial charge in [-0.15, -0.1) is 0 Å². The van der Waals surface area contributed by atoms with Crippen molar-refractivity contribution in [2.45, 2.75) is 25.7 Å². The molecule has 0 aliphatic heterocycles. The minimum atomic E-state index is 0.989. The summed E-state index contributed by atoms with van der Waals surface area (Å²) in [5.74, 6) is 3.19. The summed E-state index contributed by atoms with van der Waals surface area (Å²) in [6.45, 7) is 0. The molecule has 11 heavy (non-hydrogen) atoms. The van der Waals surface area contributed by atoms with Crippen LogP contribution in [0.5, 0.6) is 0 Å². The summed E-state index contributed by atoms with van der Waals surface area (Å²) in [7, 11) is 0. The molecule has 2 unspecified atom stereocenters. The van der Waals surface area contributed by atoms with Gasteiger partial charge in [0.1, 0.15) is 0 Å². The molecule has 2 aliphatic carbocycles. The second kappa shape index (κ2) is 3.30. The normalized spacial score (nSPS) is 41.4. The van der Waals surface area contributed by atoms with E-state index in [1.165, 1.54) is 25.7 Å². The van der Waals surface area contributed by atoms with Gasteiger partial charge in [-0.2, -0.15) is 0 Å². The average Bonchev–Trinajstić information content (AvgIpc) is 2.46. The summed E-state index contributed by atoms with van der Waals surface area (Å²) < 4.78 is 0. The van der Waals surface area contributed by atoms with Crippen molar-refractivity contribution in [3.63, 3.8) is 0 Å². The Hall–Kier alpha value is 0.220. The first-order valence-corrected chi connectivity index (χ1v) is 5.78. The number of hydrogen-bond donors (Lipinski definition) is 0. The lowest BCUT2D eigenvalue weighted by Gasteiger charge is -1.94. The Morgan fingerprint density at radius 1 is 1.27 bits per heavy atom. The minimum Gasteiger partial charge on any atom is -0.0925 e. The van der Waals surface area contributed by atoms with E-state index in [4.69, 9.17) is 0 Å². The molecule has 0 nitrogen and oxygen atoms in total. The molecule has 0 amide bonds. The Balaban J connectivity index is 1.74. The Labute approximate surface area is 77.2 Å². The van der Waals surface area contributed by atoms with E-state index in [2.05, 4.69) is 28.1 Å². The van der Waals surface area contributed by atoms with Crippen molar-refractivity contribution in [2.24, 2.45) is 17.8 Å². The van der Waals surface area contributed by atoms with Crippen molar-refractivity contribution in [3.8, 4) is 0 Å². The largest absolute Gasteiger partial charge is 0.0925 e. The van der Waals surface area contributed by atoms with E-state index < -0.39 is 0 Å². The first-order valence-electron chi connectivity index (χ1n) is 4.66. The maximum Gasteiger partial charge on any atom is 0.00659 e. The second-order valence-electron chi connectivity index (χ2n) is 3.74. The fourth-order valence-electron chi connectivity index (χ4n) is 2.48. The summed E-state index contributed by atoms with van der Waals surface area (Å²) in [4.78, 5) is 0. The number of alkyl halides is 1. The van der Waals surface area contributed by atoms with E-state index in [9.17, 15) is 0 Å². The van der Waals surface area contributed by atoms with Crippen molar-refractivity contribution in [2.75, 3.05) is 5.33 Å². The molecule has 2 rings (SSSR count). The number of halogens is 1. The molecular formula is C10H15Br. The highest BCUT2D eigenvalue weighted by atomic mass is 79.9. The van der Waals surface area contributed by atoms with Gasteiger partial charge in [-0.1, -0.05) is 34.5 Å². The van der Waals surface area contributed by atoms with E-state index in [1.807, 2.05) is 0 Å². The van der Waals surface area contributed by atoms with Gasteiger partial charge in [0.25, 0.3) is 0 Å². The quantitative estimate of drug-likeness (QED) is 0.500. The molecule has 2 atom stereocenters. The third-order valence-electron chi connectivity index (χ3n) is 3.11. The lowest BCUT2D eigenvalue weighted by molar-refractivity contribution is 0.664. The summed E-state index contributed by atoms with van der Waals surface area (Å²) in [6, 6.07) is 0. The molecule has 0 radical (unpaired) electrons. The predicted molar refractivity (Wildman–Crippen MR) is 51.9 cm³/mol. The van der Waals surface area contributed by atoms with Gasteiger partial charge in [-0.05, 0) is 37.0 Å². The fourth-order valence-corrected chi connectivity index (χ4v) is 2.74. The van der Waals surface area contributed by atoms with Gasteiger partial charge >= 0.3 is 0 Å². The van der Waals surface area contributed by atoms with Crippen molar-refractivity contribution < 1.29 is 0 Å². The van der Waals surface area contributed by atoms with Crippen molar-refractivity contribution in [1.29, 1.82) is 0 Å². The standard InChI is InChI=1S/C10H15Br/c11-7-2-1-4-8-9-5-3-6-10(8)9/h1,4,8-10H,2-3,5-7H2/b4-1+. The van der Waals surface area contributed by atoms with Gasteiger partial charge in [0.2, 0.25) is 0 Å². The van der Waals surface area contributed by atoms with Gasteiger partial charge in [0, 0.05) is 5.33 Å². The Morgan fingerprint density at radius 3 is 2.64 bits per heavy atom. The average molecular weight is 215 g/mol. The van der Waals surface area contributed by atoms with E-state index in [0.29, 0.717) is 0 Å². The minimum absolute atomic E-state index is 0.989. The van der Waals surface area contributed by atoms with Crippen molar-refractivity contribution in [1.82, 2.24) is 0 Å². The number of allylic oxidation sites excluding steroid dienone is 2. The van der Waals surface area contributed by atoms with Gasteiger partial charge in [0.05, 0.1) is 0 Å². The van der Waals surface area contributed by atoms with Crippen LogP contribution in [-0.4, -0.2) is 5.33 Å². The van der Waals surface area contributed by atoms with E-state index in [-0.39, 0.29) is 0 Å². The lowest BCUT2D eigenvalue weighted by Crippen LogP contribution is -1.81. The Bertz CT molecular complexity index is 152.